The van der Waals surface area contributed by atoms with Crippen LogP contribution in [0.4, 0.5) is 0 Å². The zero-order valence-electron chi connectivity index (χ0n) is 64.5. The molecule has 0 saturated carbocycles. The first kappa shape index (κ1) is 81.9. The van der Waals surface area contributed by atoms with Gasteiger partial charge in [-0.1, -0.05) is 137 Å². The van der Waals surface area contributed by atoms with Gasteiger partial charge < -0.3 is 55.7 Å². The molecule has 0 unspecified atom stereocenters. The lowest BCUT2D eigenvalue weighted by atomic mass is 9.89. The Morgan fingerprint density at radius 3 is 1.50 bits per heavy atom. The van der Waals surface area contributed by atoms with E-state index in [1.165, 1.54) is 9.80 Å². The second-order valence-corrected chi connectivity index (χ2v) is 29.5. The Kier molecular flexibility index (Phi) is 29.2. The average molecular weight is 1480 g/mol. The van der Waals surface area contributed by atoms with Gasteiger partial charge >= 0.3 is 0 Å². The highest BCUT2D eigenvalue weighted by Crippen LogP contribution is 2.34. The van der Waals surface area contributed by atoms with Crippen molar-refractivity contribution in [2.24, 2.45) is 29.6 Å². The highest BCUT2D eigenvalue weighted by atomic mass is 16.5. The van der Waals surface area contributed by atoms with E-state index >= 15 is 28.8 Å². The third kappa shape index (κ3) is 21.2. The highest BCUT2D eigenvalue weighted by molar-refractivity contribution is 5.98. The monoisotopic (exact) mass is 1480 g/mol. The molecule has 27 heteroatoms. The van der Waals surface area contributed by atoms with Gasteiger partial charge in [0, 0.05) is 82.7 Å². The zero-order valence-corrected chi connectivity index (χ0v) is 64.5. The first-order chi connectivity index (χ1) is 51.8. The summed E-state index contributed by atoms with van der Waals surface area (Å²) in [5.74, 6) is -6.24. The van der Waals surface area contributed by atoms with Crippen LogP contribution in [0.1, 0.15) is 154 Å². The van der Waals surface area contributed by atoms with Gasteiger partial charge in [-0.2, -0.15) is 0 Å². The minimum atomic E-state index is -1.16. The molecule has 0 aliphatic carbocycles. The van der Waals surface area contributed by atoms with Crippen LogP contribution in [0.2, 0.25) is 0 Å². The van der Waals surface area contributed by atoms with E-state index in [9.17, 15) is 19.2 Å². The summed E-state index contributed by atoms with van der Waals surface area (Å²) in [6.45, 7) is 21.5. The predicted octanol–water partition coefficient (Wildman–Crippen LogP) is 6.39. The standard InChI is InChI=1S/C81H109N15O12/c1-13-52(10)74(99)85-72(50(6)7)80(105)93-46-62-42-68(93)71(98)40-58(36-54-24-20-18-21-25-54)76(101)84-67(79(104)92(16-4)17-5)39-57-30-34-65(35-31-57)108-49-61-45-96(90-88-61)63-43-69(94(47-63)81(106)73(51(8)9)86-75(100)53(11)82-12)77(102)83-66(38-55-26-22-19-23-27-55)70(97)41-59(78(103)91(14-2)15-3)37-56-28-32-64(33-29-56)107-48-60-44-95(62)89-87-60/h18-35,44-45,50-53,58-59,62-63,66-69,72-73,82H,13-17,36-43,46-49H2,1-12H3,(H,83,102)(H,84,101)(H,85,99)(H,86,100)/t52-,53+,58-,59-,62+,63+,66+,67+,68+,69+,72+,73+/m1/s1. The normalized spacial score (nSPS) is 21.6. The van der Waals surface area contributed by atoms with Crippen molar-refractivity contribution in [3.63, 3.8) is 0 Å². The van der Waals surface area contributed by atoms with Crippen LogP contribution < -0.4 is 36.1 Å². The maximum absolute atomic E-state index is 15.4. The Balaban J connectivity index is 1.07. The Bertz CT molecular complexity index is 3770. The molecule has 6 aromatic rings. The fraction of sp³-hybridized carbons (Fsp3) is 0.531. The van der Waals surface area contributed by atoms with Gasteiger partial charge in [-0.05, 0) is 132 Å². The fourth-order valence-corrected chi connectivity index (χ4v) is 14.3. The van der Waals surface area contributed by atoms with Crippen molar-refractivity contribution >= 4 is 58.8 Å². The number of ether oxygens (including phenoxy) is 2. The molecule has 27 nitrogen and oxygen atoms in total. The molecule has 8 amide bonds. The third-order valence-electron chi connectivity index (χ3n) is 21.2. The first-order valence-corrected chi connectivity index (χ1v) is 38.3. The van der Waals surface area contributed by atoms with E-state index in [4.69, 9.17) is 9.47 Å². The summed E-state index contributed by atoms with van der Waals surface area (Å²) >= 11 is 0. The van der Waals surface area contributed by atoms with Crippen molar-refractivity contribution in [3.05, 3.63) is 155 Å². The Hall–Kier alpha value is -10.2. The van der Waals surface area contributed by atoms with Gasteiger partial charge in [-0.3, -0.25) is 47.9 Å². The van der Waals surface area contributed by atoms with Gasteiger partial charge in [-0.25, -0.2) is 9.36 Å². The van der Waals surface area contributed by atoms with Crippen molar-refractivity contribution in [1.29, 1.82) is 0 Å². The Labute approximate surface area is 633 Å². The number of hydrogen-bond donors (Lipinski definition) is 5. The summed E-state index contributed by atoms with van der Waals surface area (Å²) in [6.07, 6.45) is 3.98. The number of Topliss-reactive ketones (excluding diaryl/α,β-unsaturated/α-hetero) is 2. The van der Waals surface area contributed by atoms with Crippen molar-refractivity contribution in [2.45, 2.75) is 202 Å². The number of likely N-dealkylation sites (tertiary alicyclic amines) is 2. The summed E-state index contributed by atoms with van der Waals surface area (Å²) in [5.41, 5.74) is 3.80. The van der Waals surface area contributed by atoms with Gasteiger partial charge in [0.05, 0.1) is 42.6 Å². The molecule has 0 spiro atoms. The number of nitrogens with zero attached hydrogens (tertiary/aromatic N) is 10. The van der Waals surface area contributed by atoms with Gasteiger partial charge in [0.25, 0.3) is 0 Å². The quantitative estimate of drug-likeness (QED) is 0.0553. The van der Waals surface area contributed by atoms with Crippen molar-refractivity contribution in [1.82, 2.24) is 76.2 Å². The number of likely N-dealkylation sites (N-methyl/N-ethyl adjacent to an activating group) is 2. The van der Waals surface area contributed by atoms with Crippen LogP contribution in [0.3, 0.4) is 0 Å². The van der Waals surface area contributed by atoms with Crippen LogP contribution in [0, 0.1) is 29.6 Å². The lowest BCUT2D eigenvalue weighted by Gasteiger charge is -2.32. The average Bonchev–Trinajstić information content (AvgIpc) is 1.64. The number of rotatable bonds is 20. The molecular formula is C81H109N15O12. The number of benzene rings is 4. The minimum Gasteiger partial charge on any atom is -0.487 e. The van der Waals surface area contributed by atoms with E-state index in [0.717, 1.165) is 16.7 Å². The number of carbonyl (C=O) groups is 10. The second kappa shape index (κ2) is 38.6. The van der Waals surface area contributed by atoms with Gasteiger partial charge in [0.15, 0.2) is 11.6 Å². The summed E-state index contributed by atoms with van der Waals surface area (Å²) in [4.78, 5) is 154. The van der Waals surface area contributed by atoms with Crippen LogP contribution in [-0.4, -0.2) is 197 Å². The number of aromatic nitrogens is 6. The van der Waals surface area contributed by atoms with E-state index in [1.807, 2.05) is 135 Å². The van der Waals surface area contributed by atoms with Crippen LogP contribution in [-0.2, 0) is 86.8 Å². The van der Waals surface area contributed by atoms with Gasteiger partial charge in [0.1, 0.15) is 60.3 Å². The van der Waals surface area contributed by atoms with Gasteiger partial charge in [-0.15, -0.1) is 10.2 Å². The summed E-state index contributed by atoms with van der Waals surface area (Å²) in [6, 6.07) is 24.5. The lowest BCUT2D eigenvalue weighted by molar-refractivity contribution is -0.143. The van der Waals surface area contributed by atoms with Crippen LogP contribution in [0.15, 0.2) is 122 Å². The van der Waals surface area contributed by atoms with Crippen LogP contribution >= 0.6 is 0 Å². The Morgan fingerprint density at radius 2 is 1.01 bits per heavy atom. The molecule has 12 atom stereocenters. The molecule has 12 rings (SSSR count). The van der Waals surface area contributed by atoms with E-state index < -0.39 is 107 Å². The molecule has 0 radical (unpaired) electrons. The summed E-state index contributed by atoms with van der Waals surface area (Å²) in [5, 5.41) is 32.9. The molecule has 108 heavy (non-hydrogen) atoms. The summed E-state index contributed by atoms with van der Waals surface area (Å²) in [7, 11) is 1.64. The molecule has 6 aliphatic rings. The number of amides is 8. The van der Waals surface area contributed by atoms with Crippen LogP contribution in [0.5, 0.6) is 11.5 Å². The molecule has 6 aliphatic heterocycles. The molecule has 4 aromatic carbocycles. The van der Waals surface area contributed by atoms with Crippen LogP contribution in [0.25, 0.3) is 0 Å². The van der Waals surface area contributed by atoms with Crippen molar-refractivity contribution in [3.8, 4) is 11.5 Å². The minimum absolute atomic E-state index is 0.0155. The van der Waals surface area contributed by atoms with Crippen molar-refractivity contribution in [2.75, 3.05) is 46.3 Å². The molecule has 8 heterocycles. The second-order valence-electron chi connectivity index (χ2n) is 29.5. The fourth-order valence-electron chi connectivity index (χ4n) is 14.3. The lowest BCUT2D eigenvalue weighted by Crippen LogP contribution is -2.58. The summed E-state index contributed by atoms with van der Waals surface area (Å²) < 4.78 is 15.8. The van der Waals surface area contributed by atoms with E-state index in [0.29, 0.717) is 61.1 Å². The predicted molar refractivity (Wildman–Crippen MR) is 405 cm³/mol. The number of ketones is 2. The van der Waals surface area contributed by atoms with Crippen molar-refractivity contribution < 1.29 is 57.4 Å². The molecular weight excluding hydrogens is 1370 g/mol. The van der Waals surface area contributed by atoms with E-state index in [1.54, 1.807) is 88.9 Å². The maximum atomic E-state index is 15.4. The molecule has 580 valence electrons. The molecule has 2 saturated heterocycles. The maximum Gasteiger partial charge on any atom is 0.246 e. The van der Waals surface area contributed by atoms with Gasteiger partial charge in [0.2, 0.25) is 47.3 Å². The van der Waals surface area contributed by atoms with E-state index in [-0.39, 0.29) is 113 Å². The number of carbonyl (C=O) groups excluding carboxylic acids is 10. The topological polar surface area (TPSA) is 324 Å². The molecule has 5 N–H and O–H groups in total. The highest BCUT2D eigenvalue weighted by Gasteiger charge is 2.47. The largest absolute Gasteiger partial charge is 0.487 e. The molecule has 2 aromatic heterocycles. The number of nitrogens with one attached hydrogen (secondary N) is 5. The smallest absolute Gasteiger partial charge is 0.246 e. The SMILES string of the molecule is CC[C@@H](C)C(=O)N[C@H](C(=O)N1C[C@@H]2C[C@H]1C(=O)C[C@@H](Cc1ccccc1)C(=O)N[C@H](C(=O)N(CC)CC)Cc1ccc(cc1)OCc1cn(nn1)[C@H]1C[C@@H](C(=O)N[C@@H](Cc3ccccc3)C(=O)C[C@H](C(=O)N(CC)CC)Cc3ccc(cc3)OCc3cn2nn3)N(C(=O)[C@@H](NC(=O)[C@H](C)NC)C(C)C)C1)C(C)C. The molecule has 12 bridgehead atoms. The Morgan fingerprint density at radius 1 is 0.537 bits per heavy atom. The first-order valence-electron chi connectivity index (χ1n) is 38.3. The molecule has 2 fully saturated rings. The van der Waals surface area contributed by atoms with E-state index in [2.05, 4.69) is 47.2 Å². The number of hydrogen-bond acceptors (Lipinski definition) is 17. The third-order valence-corrected chi connectivity index (χ3v) is 21.2. The zero-order chi connectivity index (χ0) is 77.9.